The second-order valence-corrected chi connectivity index (χ2v) is 4.95. The van der Waals surface area contributed by atoms with Gasteiger partial charge in [-0.2, -0.15) is 0 Å². The van der Waals surface area contributed by atoms with Crippen LogP contribution >= 0.6 is 0 Å². The Labute approximate surface area is 100 Å². The molecular formula is C11H19NO5. The van der Waals surface area contributed by atoms with Crippen molar-refractivity contribution in [2.75, 3.05) is 13.7 Å². The molecule has 2 aliphatic carbocycles. The van der Waals surface area contributed by atoms with Crippen LogP contribution in [0.1, 0.15) is 26.2 Å². The molecule has 17 heavy (non-hydrogen) atoms. The molecule has 2 rings (SSSR count). The molecule has 98 valence electrons. The molecule has 0 heterocycles. The Morgan fingerprint density at radius 2 is 2.12 bits per heavy atom. The molecule has 0 bridgehead atoms. The lowest BCUT2D eigenvalue weighted by Gasteiger charge is -2.27. The standard InChI is InChI=1S/C11H19NO5/c1-3-9(10-7-4-5-8(7)10)17-11(13,16-2)6-12(14)15/h7-10,13H,3-6H2,1-2H3/t7?,8?,9?,10?,11-/m0/s1. The average Bonchev–Trinajstić information content (AvgIpc) is 2.75. The number of rotatable bonds is 7. The van der Waals surface area contributed by atoms with Gasteiger partial charge in [-0.3, -0.25) is 10.1 Å². The number of hydrogen-bond donors (Lipinski definition) is 1. The van der Waals surface area contributed by atoms with Gasteiger partial charge in [0.05, 0.1) is 6.10 Å². The van der Waals surface area contributed by atoms with E-state index >= 15 is 0 Å². The lowest BCUT2D eigenvalue weighted by atomic mass is 10.0. The van der Waals surface area contributed by atoms with Gasteiger partial charge >= 0.3 is 5.97 Å². The fraction of sp³-hybridized carbons (Fsp3) is 1.00. The van der Waals surface area contributed by atoms with Crippen LogP contribution in [-0.4, -0.2) is 35.8 Å². The van der Waals surface area contributed by atoms with Crippen LogP contribution in [0.15, 0.2) is 0 Å². The van der Waals surface area contributed by atoms with Gasteiger partial charge in [0.1, 0.15) is 0 Å². The van der Waals surface area contributed by atoms with E-state index in [1.54, 1.807) is 0 Å². The molecular weight excluding hydrogens is 226 g/mol. The first-order chi connectivity index (χ1) is 8.00. The zero-order valence-electron chi connectivity index (χ0n) is 10.2. The molecule has 0 saturated heterocycles. The van der Waals surface area contributed by atoms with Crippen LogP contribution in [0.3, 0.4) is 0 Å². The Hall–Kier alpha value is -0.720. The van der Waals surface area contributed by atoms with Crippen LogP contribution in [0.5, 0.6) is 0 Å². The zero-order chi connectivity index (χ0) is 12.6. The van der Waals surface area contributed by atoms with Crippen molar-refractivity contribution in [1.29, 1.82) is 0 Å². The van der Waals surface area contributed by atoms with Crippen LogP contribution in [0.2, 0.25) is 0 Å². The molecule has 0 aromatic carbocycles. The highest BCUT2D eigenvalue weighted by atomic mass is 16.8. The fourth-order valence-electron chi connectivity index (χ4n) is 2.95. The van der Waals surface area contributed by atoms with Gasteiger partial charge in [-0.05, 0) is 37.0 Å². The van der Waals surface area contributed by atoms with E-state index in [-0.39, 0.29) is 6.10 Å². The molecule has 0 aromatic heterocycles. The molecule has 0 spiro atoms. The highest BCUT2D eigenvalue weighted by molar-refractivity contribution is 5.07. The summed E-state index contributed by atoms with van der Waals surface area (Å²) in [5.74, 6) is -0.228. The topological polar surface area (TPSA) is 81.8 Å². The van der Waals surface area contributed by atoms with Gasteiger partial charge in [-0.25, -0.2) is 0 Å². The normalized spacial score (nSPS) is 35.4. The quantitative estimate of drug-likeness (QED) is 0.411. The minimum Gasteiger partial charge on any atom is -0.338 e. The summed E-state index contributed by atoms with van der Waals surface area (Å²) in [5, 5.41) is 20.3. The van der Waals surface area contributed by atoms with Crippen molar-refractivity contribution in [3.63, 3.8) is 0 Å². The summed E-state index contributed by atoms with van der Waals surface area (Å²) < 4.78 is 10.2. The molecule has 6 heteroatoms. The molecule has 2 saturated carbocycles. The van der Waals surface area contributed by atoms with Gasteiger partial charge < -0.3 is 14.6 Å². The third-order valence-electron chi connectivity index (χ3n) is 4.05. The molecule has 1 N–H and O–H groups in total. The smallest absolute Gasteiger partial charge is 0.338 e. The first-order valence-electron chi connectivity index (χ1n) is 6.08. The Kier molecular flexibility index (Phi) is 3.38. The van der Waals surface area contributed by atoms with Gasteiger partial charge in [-0.1, -0.05) is 6.92 Å². The summed E-state index contributed by atoms with van der Waals surface area (Å²) in [4.78, 5) is 9.83. The van der Waals surface area contributed by atoms with Crippen molar-refractivity contribution in [1.82, 2.24) is 0 Å². The molecule has 2 aliphatic rings. The number of nitro groups is 1. The highest BCUT2D eigenvalue weighted by Gasteiger charge is 2.60. The summed E-state index contributed by atoms with van der Waals surface area (Å²) in [6.07, 6.45) is 3.03. The number of nitrogens with zero attached hydrogens (tertiary/aromatic N) is 1. The van der Waals surface area contributed by atoms with E-state index in [2.05, 4.69) is 0 Å². The molecule has 3 unspecified atom stereocenters. The van der Waals surface area contributed by atoms with Gasteiger partial charge in [0.2, 0.25) is 0 Å². The third-order valence-corrected chi connectivity index (χ3v) is 4.05. The summed E-state index contributed by atoms with van der Waals surface area (Å²) in [6, 6.07) is 0. The number of hydrogen-bond acceptors (Lipinski definition) is 5. The van der Waals surface area contributed by atoms with E-state index in [0.717, 1.165) is 6.42 Å². The van der Waals surface area contributed by atoms with Crippen molar-refractivity contribution < 1.29 is 19.5 Å². The van der Waals surface area contributed by atoms with Crippen molar-refractivity contribution in [2.45, 2.75) is 38.3 Å². The minimum absolute atomic E-state index is 0.141. The number of aliphatic hydroxyl groups is 1. The largest absolute Gasteiger partial charge is 0.349 e. The van der Waals surface area contributed by atoms with Crippen molar-refractivity contribution >= 4 is 0 Å². The van der Waals surface area contributed by atoms with E-state index < -0.39 is 17.4 Å². The van der Waals surface area contributed by atoms with Gasteiger partial charge in [-0.15, -0.1) is 0 Å². The average molecular weight is 245 g/mol. The predicted molar refractivity (Wildman–Crippen MR) is 58.7 cm³/mol. The summed E-state index contributed by atoms with van der Waals surface area (Å²) >= 11 is 0. The molecule has 4 atom stereocenters. The van der Waals surface area contributed by atoms with E-state index in [1.165, 1.54) is 20.0 Å². The number of ether oxygens (including phenoxy) is 2. The van der Waals surface area contributed by atoms with Crippen molar-refractivity contribution in [2.24, 2.45) is 17.8 Å². The summed E-state index contributed by atoms with van der Waals surface area (Å²) in [7, 11) is 1.22. The minimum atomic E-state index is -2.09. The monoisotopic (exact) mass is 245 g/mol. The maximum absolute atomic E-state index is 10.5. The SMILES string of the molecule is CCC(O[C@](O)(C[N+](=O)[O-])OC)C1C2CCC21. The van der Waals surface area contributed by atoms with Crippen LogP contribution in [0, 0.1) is 27.9 Å². The second kappa shape index (κ2) is 4.51. The predicted octanol–water partition coefficient (Wildman–Crippen LogP) is 1.01. The second-order valence-electron chi connectivity index (χ2n) is 4.95. The Morgan fingerprint density at radius 3 is 2.47 bits per heavy atom. The van der Waals surface area contributed by atoms with Crippen LogP contribution in [-0.2, 0) is 9.47 Å². The van der Waals surface area contributed by atoms with Crippen LogP contribution in [0.4, 0.5) is 0 Å². The summed E-state index contributed by atoms with van der Waals surface area (Å²) in [6.45, 7) is 1.22. The Morgan fingerprint density at radius 1 is 1.53 bits per heavy atom. The molecule has 0 aliphatic heterocycles. The van der Waals surface area contributed by atoms with Crippen molar-refractivity contribution in [3.05, 3.63) is 10.1 Å². The zero-order valence-corrected chi connectivity index (χ0v) is 10.2. The number of methoxy groups -OCH3 is 1. The third kappa shape index (κ3) is 2.43. The van der Waals surface area contributed by atoms with Gasteiger partial charge in [0.25, 0.3) is 6.54 Å². The van der Waals surface area contributed by atoms with E-state index in [1.807, 2.05) is 6.92 Å². The molecule has 0 amide bonds. The Balaban J connectivity index is 1.93. The Bertz CT molecular complexity index is 300. The first kappa shape index (κ1) is 12.7. The van der Waals surface area contributed by atoms with Crippen LogP contribution in [0.25, 0.3) is 0 Å². The number of fused-ring (bicyclic) bond motifs is 1. The van der Waals surface area contributed by atoms with E-state index in [4.69, 9.17) is 9.47 Å². The van der Waals surface area contributed by atoms with E-state index in [9.17, 15) is 15.2 Å². The summed E-state index contributed by atoms with van der Waals surface area (Å²) in [5.41, 5.74) is 0. The maximum atomic E-state index is 10.5. The molecule has 2 fully saturated rings. The van der Waals surface area contributed by atoms with Gasteiger partial charge in [0.15, 0.2) is 0 Å². The molecule has 0 aromatic rings. The first-order valence-corrected chi connectivity index (χ1v) is 6.08. The lowest BCUT2D eigenvalue weighted by molar-refractivity contribution is -0.554. The fourth-order valence-corrected chi connectivity index (χ4v) is 2.95. The lowest BCUT2D eigenvalue weighted by Crippen LogP contribution is -2.45. The maximum Gasteiger partial charge on any atom is 0.349 e. The molecule has 0 radical (unpaired) electrons. The van der Waals surface area contributed by atoms with E-state index in [0.29, 0.717) is 17.8 Å². The van der Waals surface area contributed by atoms with Gasteiger partial charge in [0, 0.05) is 12.0 Å². The molecule has 6 nitrogen and oxygen atoms in total. The highest BCUT2D eigenvalue weighted by Crippen LogP contribution is 2.63. The van der Waals surface area contributed by atoms with Crippen molar-refractivity contribution in [3.8, 4) is 0 Å². The van der Waals surface area contributed by atoms with Crippen LogP contribution < -0.4 is 0 Å².